The summed E-state index contributed by atoms with van der Waals surface area (Å²) in [5.41, 5.74) is 8.66. The van der Waals surface area contributed by atoms with E-state index in [0.29, 0.717) is 0 Å². The van der Waals surface area contributed by atoms with Gasteiger partial charge in [0.25, 0.3) is 0 Å². The summed E-state index contributed by atoms with van der Waals surface area (Å²) in [4.78, 5) is 12.9. The summed E-state index contributed by atoms with van der Waals surface area (Å²) >= 11 is 0. The maximum Gasteiger partial charge on any atom is 0.213 e. The Bertz CT molecular complexity index is 1030. The van der Waals surface area contributed by atoms with Crippen molar-refractivity contribution in [3.63, 3.8) is 0 Å². The van der Waals surface area contributed by atoms with Crippen LogP contribution in [0.4, 0.5) is 0 Å². The van der Waals surface area contributed by atoms with Gasteiger partial charge in [-0.15, -0.1) is 0 Å². The average Bonchev–Trinajstić information content (AvgIpc) is 2.95. The molecule has 0 amide bonds. The highest BCUT2D eigenvalue weighted by Gasteiger charge is 2.30. The molecule has 1 aromatic heterocycles. The number of nitrogens with zero attached hydrogens (tertiary/aromatic N) is 1. The molecule has 2 aromatic carbocycles. The number of unbranched alkanes of at least 4 members (excludes halogenated alkanes) is 2. The molecule has 0 saturated carbocycles. The molecule has 3 aromatic rings. The second kappa shape index (κ2) is 7.11. The first kappa shape index (κ1) is 17.7. The molecule has 1 aliphatic rings. The molecule has 0 bridgehead atoms. The van der Waals surface area contributed by atoms with Crippen molar-refractivity contribution in [2.24, 2.45) is 7.05 Å². The largest absolute Gasteiger partial charge is 0.289 e. The van der Waals surface area contributed by atoms with Crippen LogP contribution in [0.15, 0.2) is 54.7 Å². The number of pyridine rings is 1. The minimum Gasteiger partial charge on any atom is -0.289 e. The minimum absolute atomic E-state index is 0.138. The second-order valence-corrected chi connectivity index (χ2v) is 7.58. The zero-order valence-corrected chi connectivity index (χ0v) is 16.4. The van der Waals surface area contributed by atoms with Crippen molar-refractivity contribution < 1.29 is 9.36 Å². The van der Waals surface area contributed by atoms with Gasteiger partial charge in [-0.3, -0.25) is 4.79 Å². The van der Waals surface area contributed by atoms with Crippen LogP contribution in [0.2, 0.25) is 0 Å². The Balaban J connectivity index is 1.78. The van der Waals surface area contributed by atoms with Gasteiger partial charge in [0.05, 0.1) is 5.56 Å². The molecule has 0 radical (unpaired) electrons. The van der Waals surface area contributed by atoms with Crippen molar-refractivity contribution in [3.8, 4) is 22.4 Å². The minimum atomic E-state index is 0.138. The predicted molar refractivity (Wildman–Crippen MR) is 110 cm³/mol. The van der Waals surface area contributed by atoms with E-state index in [1.165, 1.54) is 36.0 Å². The van der Waals surface area contributed by atoms with Crippen molar-refractivity contribution in [1.82, 2.24) is 0 Å². The summed E-state index contributed by atoms with van der Waals surface area (Å²) in [5, 5.41) is 0. The molecule has 0 fully saturated rings. The van der Waals surface area contributed by atoms with Crippen LogP contribution in [0.3, 0.4) is 0 Å². The Morgan fingerprint density at radius 1 is 0.852 bits per heavy atom. The predicted octanol–water partition coefficient (Wildman–Crippen LogP) is 5.43. The number of benzene rings is 2. The SMILES string of the molecule is CCCCCc1ccc(C)c(-c2cc3c(c[n+]2C)-c2ccccc2C3=O)c1. The number of aryl methyl sites for hydroxylation is 3. The smallest absolute Gasteiger partial charge is 0.213 e. The van der Waals surface area contributed by atoms with E-state index < -0.39 is 0 Å². The van der Waals surface area contributed by atoms with Crippen LogP contribution in [0.25, 0.3) is 22.4 Å². The van der Waals surface area contributed by atoms with E-state index in [9.17, 15) is 4.79 Å². The summed E-state index contributed by atoms with van der Waals surface area (Å²) in [6, 6.07) is 16.7. The lowest BCUT2D eigenvalue weighted by atomic mass is 9.97. The van der Waals surface area contributed by atoms with Crippen LogP contribution in [0.5, 0.6) is 0 Å². The van der Waals surface area contributed by atoms with E-state index in [-0.39, 0.29) is 5.78 Å². The molecule has 2 nitrogen and oxygen atoms in total. The number of hydrogen-bond donors (Lipinski definition) is 0. The van der Waals surface area contributed by atoms with E-state index in [1.54, 1.807) is 0 Å². The van der Waals surface area contributed by atoms with E-state index in [1.807, 2.05) is 24.3 Å². The standard InChI is InChI=1S/C25H26NO/c1-4-5-6-9-18-13-12-17(2)21(14-18)24-15-22-23(16-26(24)3)19-10-7-8-11-20(19)25(22)27/h7-8,10-16H,4-6,9H2,1-3H3/q+1. The Morgan fingerprint density at radius 3 is 2.41 bits per heavy atom. The fourth-order valence-electron chi connectivity index (χ4n) is 4.06. The van der Waals surface area contributed by atoms with Crippen molar-refractivity contribution in [3.05, 3.63) is 77.0 Å². The van der Waals surface area contributed by atoms with Gasteiger partial charge in [0.15, 0.2) is 12.0 Å². The third-order valence-corrected chi connectivity index (χ3v) is 5.63. The van der Waals surface area contributed by atoms with Gasteiger partial charge in [0, 0.05) is 22.8 Å². The Hall–Kier alpha value is -2.74. The lowest BCUT2D eigenvalue weighted by molar-refractivity contribution is -0.659. The third kappa shape index (κ3) is 3.10. The molecule has 0 aliphatic heterocycles. The van der Waals surface area contributed by atoms with Crippen molar-refractivity contribution in [2.75, 3.05) is 0 Å². The molecule has 0 unspecified atom stereocenters. The van der Waals surface area contributed by atoms with Gasteiger partial charge in [-0.1, -0.05) is 56.2 Å². The highest BCUT2D eigenvalue weighted by atomic mass is 16.1. The van der Waals surface area contributed by atoms with E-state index >= 15 is 0 Å². The van der Waals surface area contributed by atoms with Crippen molar-refractivity contribution in [1.29, 1.82) is 0 Å². The number of carbonyl (C=O) groups excluding carboxylic acids is 1. The van der Waals surface area contributed by atoms with Crippen LogP contribution >= 0.6 is 0 Å². The lowest BCUT2D eigenvalue weighted by Crippen LogP contribution is -2.31. The van der Waals surface area contributed by atoms with Gasteiger partial charge in [-0.05, 0) is 42.5 Å². The fraction of sp³-hybridized carbons (Fsp3) is 0.280. The van der Waals surface area contributed by atoms with E-state index in [4.69, 9.17) is 0 Å². The molecule has 27 heavy (non-hydrogen) atoms. The number of fused-ring (bicyclic) bond motifs is 3. The molecule has 0 spiro atoms. The highest BCUT2D eigenvalue weighted by Crippen LogP contribution is 2.37. The van der Waals surface area contributed by atoms with Crippen LogP contribution in [0, 0.1) is 6.92 Å². The summed E-state index contributed by atoms with van der Waals surface area (Å²) < 4.78 is 2.16. The normalized spacial score (nSPS) is 12.2. The lowest BCUT2D eigenvalue weighted by Gasteiger charge is -2.09. The molecular weight excluding hydrogens is 330 g/mol. The van der Waals surface area contributed by atoms with Crippen LogP contribution in [-0.2, 0) is 13.5 Å². The van der Waals surface area contributed by atoms with Crippen molar-refractivity contribution in [2.45, 2.75) is 39.5 Å². The molecule has 0 atom stereocenters. The fourth-order valence-corrected chi connectivity index (χ4v) is 4.06. The summed E-state index contributed by atoms with van der Waals surface area (Å²) in [6.07, 6.45) is 6.95. The summed E-state index contributed by atoms with van der Waals surface area (Å²) in [6.45, 7) is 4.38. The van der Waals surface area contributed by atoms with Crippen LogP contribution in [-0.4, -0.2) is 5.78 Å². The first-order chi connectivity index (χ1) is 13.1. The number of carbonyl (C=O) groups is 1. The maximum atomic E-state index is 12.9. The van der Waals surface area contributed by atoms with Gasteiger partial charge >= 0.3 is 0 Å². The Morgan fingerprint density at radius 2 is 1.63 bits per heavy atom. The number of hydrogen-bond acceptors (Lipinski definition) is 1. The first-order valence-corrected chi connectivity index (χ1v) is 9.88. The van der Waals surface area contributed by atoms with E-state index in [2.05, 4.69) is 55.9 Å². The molecule has 1 heterocycles. The zero-order valence-electron chi connectivity index (χ0n) is 16.4. The van der Waals surface area contributed by atoms with Crippen LogP contribution in [0.1, 0.15) is 53.2 Å². The summed E-state index contributed by atoms with van der Waals surface area (Å²) in [7, 11) is 2.07. The Kier molecular flexibility index (Phi) is 4.65. The third-order valence-electron chi connectivity index (χ3n) is 5.63. The monoisotopic (exact) mass is 356 g/mol. The van der Waals surface area contributed by atoms with Gasteiger partial charge in [0.1, 0.15) is 7.05 Å². The zero-order chi connectivity index (χ0) is 19.0. The molecule has 0 saturated heterocycles. The van der Waals surface area contributed by atoms with Gasteiger partial charge in [0.2, 0.25) is 5.69 Å². The average molecular weight is 356 g/mol. The van der Waals surface area contributed by atoms with Crippen LogP contribution < -0.4 is 4.57 Å². The summed E-state index contributed by atoms with van der Waals surface area (Å²) in [5.74, 6) is 0.138. The van der Waals surface area contributed by atoms with Gasteiger partial charge < -0.3 is 0 Å². The highest BCUT2D eigenvalue weighted by molar-refractivity contribution is 6.21. The quantitative estimate of drug-likeness (QED) is 0.345. The van der Waals surface area contributed by atoms with E-state index in [0.717, 1.165) is 34.4 Å². The molecule has 4 rings (SSSR count). The maximum absolute atomic E-state index is 12.9. The Labute approximate surface area is 161 Å². The molecule has 0 N–H and O–H groups in total. The molecule has 2 heteroatoms. The number of rotatable bonds is 5. The first-order valence-electron chi connectivity index (χ1n) is 9.88. The number of aromatic nitrogens is 1. The van der Waals surface area contributed by atoms with Gasteiger partial charge in [-0.2, -0.15) is 0 Å². The molecular formula is C25H26NO+. The van der Waals surface area contributed by atoms with Crippen molar-refractivity contribution >= 4 is 5.78 Å². The molecule has 136 valence electrons. The number of ketones is 1. The molecule has 1 aliphatic carbocycles. The topological polar surface area (TPSA) is 20.9 Å². The second-order valence-electron chi connectivity index (χ2n) is 7.58. The van der Waals surface area contributed by atoms with Gasteiger partial charge in [-0.25, -0.2) is 4.57 Å².